The Morgan fingerprint density at radius 3 is 2.82 bits per heavy atom. The van der Waals surface area contributed by atoms with Crippen LogP contribution in [0.25, 0.3) is 0 Å². The van der Waals surface area contributed by atoms with E-state index in [4.69, 9.17) is 4.74 Å². The van der Waals surface area contributed by atoms with Crippen molar-refractivity contribution in [1.82, 2.24) is 4.90 Å². The van der Waals surface area contributed by atoms with E-state index in [1.165, 1.54) is 7.11 Å². The van der Waals surface area contributed by atoms with Crippen LogP contribution in [0.1, 0.15) is 0 Å². The van der Waals surface area contributed by atoms with Crippen molar-refractivity contribution >= 4 is 0 Å². The van der Waals surface area contributed by atoms with Crippen LogP contribution in [0.5, 0.6) is 0 Å². The molecule has 3 nitrogen and oxygen atoms in total. The molecule has 1 aliphatic rings. The molecule has 0 aromatic rings. The number of aliphatic hydroxyl groups is 1. The lowest BCUT2D eigenvalue weighted by molar-refractivity contribution is -0.00611. The number of β-amino-alcohol motifs (C(OH)–C–C–N with tert-alkyl or cyclic N) is 1. The van der Waals surface area contributed by atoms with Crippen LogP contribution in [0.2, 0.25) is 0 Å². The van der Waals surface area contributed by atoms with E-state index in [2.05, 4.69) is 0 Å². The summed E-state index contributed by atoms with van der Waals surface area (Å²) in [5.41, 5.74) is 0. The van der Waals surface area contributed by atoms with E-state index < -0.39 is 12.3 Å². The van der Waals surface area contributed by atoms with Crippen LogP contribution in [0.3, 0.4) is 0 Å². The summed E-state index contributed by atoms with van der Waals surface area (Å²) in [6.07, 6.45) is -1.17. The Hall–Kier alpha value is -0.190. The van der Waals surface area contributed by atoms with Crippen LogP contribution in [0.15, 0.2) is 0 Å². The molecular formula is C7H14FNO2. The van der Waals surface area contributed by atoms with Gasteiger partial charge in [0.2, 0.25) is 0 Å². The summed E-state index contributed by atoms with van der Waals surface area (Å²) < 4.78 is 17.0. The maximum atomic E-state index is 12.2. The summed E-state index contributed by atoms with van der Waals surface area (Å²) in [5, 5.41) is 9.18. The number of ether oxygens (including phenoxy) is 1. The Kier molecular flexibility index (Phi) is 3.23. The number of hydrogen-bond donors (Lipinski definition) is 1. The first kappa shape index (κ1) is 8.90. The third kappa shape index (κ3) is 2.73. The Morgan fingerprint density at radius 2 is 2.36 bits per heavy atom. The highest BCUT2D eigenvalue weighted by Crippen LogP contribution is 2.10. The molecule has 0 radical (unpaired) electrons. The zero-order chi connectivity index (χ0) is 8.27. The molecule has 1 heterocycles. The lowest BCUT2D eigenvalue weighted by atomic mass is 10.2. The van der Waals surface area contributed by atoms with Gasteiger partial charge in [-0.25, -0.2) is 4.39 Å². The van der Waals surface area contributed by atoms with Gasteiger partial charge in [0, 0.05) is 26.7 Å². The monoisotopic (exact) mass is 163 g/mol. The van der Waals surface area contributed by atoms with Gasteiger partial charge in [-0.2, -0.15) is 0 Å². The quantitative estimate of drug-likeness (QED) is 0.614. The average Bonchev–Trinajstić information content (AvgIpc) is 1.85. The lowest BCUT2D eigenvalue weighted by Gasteiger charge is -2.35. The first-order valence-corrected chi connectivity index (χ1v) is 3.76. The summed E-state index contributed by atoms with van der Waals surface area (Å²) >= 11 is 0. The van der Waals surface area contributed by atoms with Crippen molar-refractivity contribution in [2.45, 2.75) is 12.3 Å². The Bertz CT molecular complexity index is 114. The number of aliphatic hydroxyl groups excluding tert-OH is 1. The summed E-state index contributed by atoms with van der Waals surface area (Å²) in [7, 11) is 1.54. The van der Waals surface area contributed by atoms with Gasteiger partial charge in [0.05, 0.1) is 12.7 Å². The van der Waals surface area contributed by atoms with Gasteiger partial charge in [-0.05, 0) is 0 Å². The fourth-order valence-electron chi connectivity index (χ4n) is 1.20. The van der Waals surface area contributed by atoms with Crippen molar-refractivity contribution in [1.29, 1.82) is 0 Å². The molecule has 0 saturated carbocycles. The van der Waals surface area contributed by atoms with Crippen molar-refractivity contribution in [2.24, 2.45) is 0 Å². The van der Waals surface area contributed by atoms with E-state index in [0.29, 0.717) is 26.2 Å². The third-order valence-corrected chi connectivity index (χ3v) is 1.74. The summed E-state index contributed by atoms with van der Waals surface area (Å²) in [6.45, 7) is 1.77. The standard InChI is InChI=1S/C7H14FNO2/c1-11-5-7(10)4-9-2-6(8)3-9/h6-7,10H,2-5H2,1H3/t7-/m0/s1. The SMILES string of the molecule is COC[C@@H](O)CN1CC(F)C1. The average molecular weight is 163 g/mol. The molecule has 1 rings (SSSR count). The molecule has 0 spiro atoms. The van der Waals surface area contributed by atoms with Crippen molar-refractivity contribution in [3.63, 3.8) is 0 Å². The van der Waals surface area contributed by atoms with E-state index in [-0.39, 0.29) is 0 Å². The second-order valence-corrected chi connectivity index (χ2v) is 2.92. The largest absolute Gasteiger partial charge is 0.389 e. The minimum Gasteiger partial charge on any atom is -0.389 e. The van der Waals surface area contributed by atoms with E-state index in [0.717, 1.165) is 0 Å². The molecule has 0 amide bonds. The van der Waals surface area contributed by atoms with Crippen LogP contribution < -0.4 is 0 Å². The highest BCUT2D eigenvalue weighted by molar-refractivity contribution is 4.80. The van der Waals surface area contributed by atoms with Crippen molar-refractivity contribution < 1.29 is 14.2 Å². The summed E-state index contributed by atoms with van der Waals surface area (Å²) in [4.78, 5) is 1.87. The number of likely N-dealkylation sites (tertiary alicyclic amines) is 1. The smallest absolute Gasteiger partial charge is 0.125 e. The van der Waals surface area contributed by atoms with Gasteiger partial charge in [-0.1, -0.05) is 0 Å². The summed E-state index contributed by atoms with van der Waals surface area (Å²) in [5.74, 6) is 0. The highest BCUT2D eigenvalue weighted by Gasteiger charge is 2.27. The molecular weight excluding hydrogens is 149 g/mol. The number of rotatable bonds is 4. The van der Waals surface area contributed by atoms with Crippen molar-refractivity contribution in [3.05, 3.63) is 0 Å². The van der Waals surface area contributed by atoms with Gasteiger partial charge in [-0.15, -0.1) is 0 Å². The molecule has 1 aliphatic heterocycles. The van der Waals surface area contributed by atoms with Crippen LogP contribution in [-0.2, 0) is 4.74 Å². The molecule has 1 N–H and O–H groups in total. The molecule has 0 unspecified atom stereocenters. The molecule has 1 fully saturated rings. The number of methoxy groups -OCH3 is 1. The number of halogens is 1. The lowest BCUT2D eigenvalue weighted by Crippen LogP contribution is -2.51. The van der Waals surface area contributed by atoms with Crippen molar-refractivity contribution in [3.8, 4) is 0 Å². The summed E-state index contributed by atoms with van der Waals surface area (Å²) in [6, 6.07) is 0. The number of nitrogens with zero attached hydrogens (tertiary/aromatic N) is 1. The molecule has 11 heavy (non-hydrogen) atoms. The van der Waals surface area contributed by atoms with E-state index in [9.17, 15) is 9.50 Å². The van der Waals surface area contributed by atoms with Crippen LogP contribution in [0.4, 0.5) is 4.39 Å². The molecule has 0 aromatic carbocycles. The Morgan fingerprint density at radius 1 is 1.73 bits per heavy atom. The fraction of sp³-hybridized carbons (Fsp3) is 1.00. The van der Waals surface area contributed by atoms with Gasteiger partial charge in [0.1, 0.15) is 6.17 Å². The molecule has 0 aromatic heterocycles. The first-order valence-electron chi connectivity index (χ1n) is 3.76. The topological polar surface area (TPSA) is 32.7 Å². The van der Waals surface area contributed by atoms with Gasteiger partial charge in [0.25, 0.3) is 0 Å². The molecule has 1 atom stereocenters. The molecule has 1 saturated heterocycles. The highest BCUT2D eigenvalue weighted by atomic mass is 19.1. The fourth-order valence-corrected chi connectivity index (χ4v) is 1.20. The van der Waals surface area contributed by atoms with Gasteiger partial charge in [-0.3, -0.25) is 4.90 Å². The Balaban J connectivity index is 2.02. The van der Waals surface area contributed by atoms with Crippen LogP contribution >= 0.6 is 0 Å². The predicted octanol–water partition coefficient (Wildman–Crippen LogP) is -0.353. The second kappa shape index (κ2) is 3.99. The zero-order valence-corrected chi connectivity index (χ0v) is 6.66. The minimum absolute atomic E-state index is 0.327. The second-order valence-electron chi connectivity index (χ2n) is 2.92. The van der Waals surface area contributed by atoms with E-state index >= 15 is 0 Å². The third-order valence-electron chi connectivity index (χ3n) is 1.74. The Labute approximate surface area is 65.8 Å². The molecule has 0 aliphatic carbocycles. The normalized spacial score (nSPS) is 23.2. The zero-order valence-electron chi connectivity index (χ0n) is 6.66. The maximum Gasteiger partial charge on any atom is 0.125 e. The van der Waals surface area contributed by atoms with Gasteiger partial charge < -0.3 is 9.84 Å². The molecule has 66 valence electrons. The minimum atomic E-state index is -0.690. The van der Waals surface area contributed by atoms with E-state index in [1.54, 1.807) is 0 Å². The van der Waals surface area contributed by atoms with Crippen LogP contribution in [-0.4, -0.2) is 55.6 Å². The number of alkyl halides is 1. The molecule has 0 bridgehead atoms. The number of hydrogen-bond acceptors (Lipinski definition) is 3. The maximum absolute atomic E-state index is 12.2. The van der Waals surface area contributed by atoms with Crippen molar-refractivity contribution in [2.75, 3.05) is 33.4 Å². The molecule has 4 heteroatoms. The van der Waals surface area contributed by atoms with Crippen LogP contribution in [0, 0.1) is 0 Å². The van der Waals surface area contributed by atoms with Gasteiger partial charge in [0.15, 0.2) is 0 Å². The van der Waals surface area contributed by atoms with E-state index in [1.807, 2.05) is 4.90 Å². The van der Waals surface area contributed by atoms with Gasteiger partial charge >= 0.3 is 0 Å². The first-order chi connectivity index (χ1) is 5.22. The predicted molar refractivity (Wildman–Crippen MR) is 39.2 cm³/mol.